The average Bonchev–Trinajstić information content (AvgIpc) is 1.46. The number of rotatable bonds is 12. The second kappa shape index (κ2) is 40.9. The zero-order valence-corrected chi connectivity index (χ0v) is 85.8. The predicted molar refractivity (Wildman–Crippen MR) is 597 cm³/mol. The molecule has 720 valence electrons. The van der Waals surface area contributed by atoms with Gasteiger partial charge in [0.2, 0.25) is 0 Å². The summed E-state index contributed by atoms with van der Waals surface area (Å²) < 4.78 is 6.03. The maximum absolute atomic E-state index is 12.7. The molecule has 3 fully saturated rings. The van der Waals surface area contributed by atoms with Crippen LogP contribution in [-0.2, 0) is 37.5 Å². The molecule has 5 heteroatoms. The molecule has 2 N–H and O–H groups in total. The number of ether oxygens (including phenoxy) is 1. The SMILES string of the molecule is Cc1ccc(C2(c3ccc(C)cc3)CC3CCC2C3)cc1.Cc1ccc(C2(c3ccc(C)cc3)CCCCC2)cc1.Cc1ccc(C2(c3ccc(C)cc3)NC(=O)c3ccccc32)cc1.Cc1ccc(C2(c3ccc(C)cc3)OC(=O)c3ccccc32)cc1.Cc1ccc(C2(c3ccc(C)cc3)c3ccccc3-c3ccccc32)cc1.Cc1ccc(C2(c3ccc(C)cc3)c3ccccc3C(O)c3ccccc32)cc1. The van der Waals surface area contributed by atoms with E-state index in [1.54, 1.807) is 11.1 Å². The first-order valence-electron chi connectivity index (χ1n) is 52.1. The maximum atomic E-state index is 12.7. The number of esters is 1. The Hall–Kier alpha value is -15.1. The lowest BCUT2D eigenvalue weighted by atomic mass is 9.59. The molecule has 5 aliphatic carbocycles. The molecular weight excluding hydrogens is 1760 g/mol. The number of carbonyl (C=O) groups excluding carboxylic acids is 2. The predicted octanol–water partition coefficient (Wildman–Crippen LogP) is 32.8. The van der Waals surface area contributed by atoms with Gasteiger partial charge in [0, 0.05) is 33.1 Å². The minimum Gasteiger partial charge on any atom is -0.441 e. The number of hydrogen-bond donors (Lipinski definition) is 2. The monoisotopic (exact) mass is 1890 g/mol. The number of benzene rings is 18. The van der Waals surface area contributed by atoms with E-state index in [9.17, 15) is 14.7 Å². The van der Waals surface area contributed by atoms with Gasteiger partial charge in [-0.3, -0.25) is 4.79 Å². The first-order chi connectivity index (χ1) is 70.4. The van der Waals surface area contributed by atoms with Crippen LogP contribution in [0.25, 0.3) is 11.1 Å². The van der Waals surface area contributed by atoms with Gasteiger partial charge in [-0.25, -0.2) is 4.79 Å². The molecule has 0 saturated heterocycles. The van der Waals surface area contributed by atoms with Gasteiger partial charge in [-0.2, -0.15) is 0 Å². The van der Waals surface area contributed by atoms with Crippen molar-refractivity contribution in [3.8, 4) is 11.1 Å². The highest BCUT2D eigenvalue weighted by atomic mass is 16.6. The van der Waals surface area contributed by atoms with Crippen LogP contribution in [0.3, 0.4) is 0 Å². The summed E-state index contributed by atoms with van der Waals surface area (Å²) in [5.41, 5.74) is 41.8. The van der Waals surface area contributed by atoms with Crippen molar-refractivity contribution < 1.29 is 19.4 Å². The van der Waals surface area contributed by atoms with Crippen molar-refractivity contribution in [2.75, 3.05) is 0 Å². The fourth-order valence-electron chi connectivity index (χ4n) is 25.0. The number of hydrogen-bond acceptors (Lipinski definition) is 4. The quantitative estimate of drug-likeness (QED) is 0.120. The summed E-state index contributed by atoms with van der Waals surface area (Å²) >= 11 is 0. The normalized spacial score (nSPS) is 16.8. The lowest BCUT2D eigenvalue weighted by molar-refractivity contribution is 0.0251. The molecule has 2 atom stereocenters. The van der Waals surface area contributed by atoms with Crippen LogP contribution in [-0.4, -0.2) is 17.0 Å². The van der Waals surface area contributed by atoms with Gasteiger partial charge in [0.05, 0.1) is 16.4 Å². The third-order valence-electron chi connectivity index (χ3n) is 32.6. The molecule has 5 nitrogen and oxygen atoms in total. The third-order valence-corrected chi connectivity index (χ3v) is 32.6. The van der Waals surface area contributed by atoms with Crippen LogP contribution >= 0.6 is 0 Å². The third kappa shape index (κ3) is 18.1. The van der Waals surface area contributed by atoms with Gasteiger partial charge < -0.3 is 15.2 Å². The van der Waals surface area contributed by atoms with Gasteiger partial charge in [0.25, 0.3) is 5.91 Å². The van der Waals surface area contributed by atoms with Gasteiger partial charge in [-0.1, -0.05) is 517 Å². The van der Waals surface area contributed by atoms with E-state index in [0.29, 0.717) is 5.56 Å². The molecule has 145 heavy (non-hydrogen) atoms. The van der Waals surface area contributed by atoms with Gasteiger partial charge in [-0.05, 0) is 245 Å². The summed E-state index contributed by atoms with van der Waals surface area (Å²) in [6.45, 7) is 25.5. The largest absolute Gasteiger partial charge is 0.441 e. The molecule has 25 rings (SSSR count). The maximum Gasteiger partial charge on any atom is 0.340 e. The molecule has 2 heterocycles. The molecule has 2 unspecified atom stereocenters. The topological polar surface area (TPSA) is 75.6 Å². The molecule has 7 aliphatic rings. The van der Waals surface area contributed by atoms with E-state index in [2.05, 4.69) is 440 Å². The molecule has 2 aliphatic heterocycles. The van der Waals surface area contributed by atoms with Crippen molar-refractivity contribution in [2.24, 2.45) is 11.8 Å². The van der Waals surface area contributed by atoms with Crippen molar-refractivity contribution in [3.63, 3.8) is 0 Å². The van der Waals surface area contributed by atoms with Gasteiger partial charge in [0.15, 0.2) is 5.60 Å². The Bertz CT molecular complexity index is 7110. The van der Waals surface area contributed by atoms with Crippen molar-refractivity contribution in [3.05, 3.63) is 626 Å². The standard InChI is InChI=1S/C28H24O.C27H22.C22H19NO.C22H18O2.C21H24.C20H24/c1-19-11-15-21(16-12-19)28(22-17-13-20(2)14-18-22)25-9-5-3-7-23(25)27(29)24-8-4-6-10-26(24)28;1-19-11-15-21(16-12-19)27(22-17-13-20(2)14-18-22)25-9-5-3-7-23(25)24-8-4-6-10-26(24)27;1-15-7-11-17(12-8-15)22(18-13-9-16(2)10-14-18)20-6-4-3-5-19(20)21(24)23-22;1-15-7-11-17(12-8-15)22(18-13-9-16(2)10-14-18)20-6-4-3-5-19(20)21(23)24-22;1-15-3-8-18(9-4-15)21(14-17-7-12-20(21)13-17)19-10-5-16(2)6-11-19;1-16-6-10-18(11-7-16)20(14-4-3-5-15-20)19-12-8-17(2)9-13-19/h3-18,27,29H,1-2H3;3-18H,1-2H3;3-14H,1-2H3,(H,23,24);3-14H,1-2H3;3-6,8-11,17,20H,7,12-14H2,1-2H3;6-13H,3-5,14-15H2,1-2H3. The van der Waals surface area contributed by atoms with Crippen molar-refractivity contribution in [2.45, 2.75) is 180 Å². The molecule has 1 amide bonds. The molecule has 0 radical (unpaired) electrons. The fraction of sp³-hybridized carbons (Fsp3) is 0.214. The molecule has 18 aromatic carbocycles. The number of aliphatic hydroxyl groups excluding tert-OH is 1. The van der Waals surface area contributed by atoms with Crippen LogP contribution in [0, 0.1) is 94.9 Å². The highest BCUT2D eigenvalue weighted by Gasteiger charge is 2.55. The Balaban J connectivity index is 0.000000106. The Morgan fingerprint density at radius 2 is 0.524 bits per heavy atom. The lowest BCUT2D eigenvalue weighted by Gasteiger charge is -2.44. The summed E-state index contributed by atoms with van der Waals surface area (Å²) in [4.78, 5) is 25.2. The van der Waals surface area contributed by atoms with Crippen molar-refractivity contribution in [1.82, 2.24) is 5.32 Å². The van der Waals surface area contributed by atoms with E-state index >= 15 is 0 Å². The summed E-state index contributed by atoms with van der Waals surface area (Å²) in [6.07, 6.45) is 11.7. The van der Waals surface area contributed by atoms with Crippen LogP contribution in [0.5, 0.6) is 0 Å². The highest BCUT2D eigenvalue weighted by Crippen LogP contribution is 2.62. The fourth-order valence-corrected chi connectivity index (χ4v) is 25.0. The van der Waals surface area contributed by atoms with E-state index in [1.807, 2.05) is 84.9 Å². The van der Waals surface area contributed by atoms with Gasteiger partial charge >= 0.3 is 5.97 Å². The van der Waals surface area contributed by atoms with Crippen molar-refractivity contribution >= 4 is 11.9 Å². The van der Waals surface area contributed by atoms with E-state index in [0.717, 1.165) is 73.0 Å². The summed E-state index contributed by atoms with van der Waals surface area (Å²) in [5, 5.41) is 14.5. The number of nitrogens with one attached hydrogen (secondary N) is 1. The van der Waals surface area contributed by atoms with E-state index in [1.165, 1.54) is 180 Å². The number of cyclic esters (lactones) is 1. The van der Waals surface area contributed by atoms with Crippen LogP contribution in [0.2, 0.25) is 0 Å². The highest BCUT2D eigenvalue weighted by molar-refractivity contribution is 6.02. The summed E-state index contributed by atoms with van der Waals surface area (Å²) in [5.74, 6) is 1.49. The van der Waals surface area contributed by atoms with E-state index in [4.69, 9.17) is 4.74 Å². The van der Waals surface area contributed by atoms with Gasteiger partial charge in [0.1, 0.15) is 11.6 Å². The molecule has 3 saturated carbocycles. The Morgan fingerprint density at radius 3 is 0.855 bits per heavy atom. The Morgan fingerprint density at radius 1 is 0.255 bits per heavy atom. The first-order valence-corrected chi connectivity index (χ1v) is 52.1. The first kappa shape index (κ1) is 97.3. The minimum absolute atomic E-state index is 0.0215. The average molecular weight is 1890 g/mol. The summed E-state index contributed by atoms with van der Waals surface area (Å²) in [6, 6.07) is 156. The number of amides is 1. The van der Waals surface area contributed by atoms with Crippen LogP contribution < -0.4 is 5.32 Å². The van der Waals surface area contributed by atoms with Crippen LogP contribution in [0.4, 0.5) is 0 Å². The van der Waals surface area contributed by atoms with E-state index < -0.39 is 22.7 Å². The van der Waals surface area contributed by atoms with Crippen LogP contribution in [0.1, 0.15) is 263 Å². The zero-order chi connectivity index (χ0) is 100. The Kier molecular flexibility index (Phi) is 27.5. The molecule has 0 aromatic heterocycles. The molecular formula is C140H131NO4. The molecule has 2 bridgehead atoms. The van der Waals surface area contributed by atoms with Gasteiger partial charge in [-0.15, -0.1) is 0 Å². The number of fused-ring (bicyclic) bond motifs is 9. The van der Waals surface area contributed by atoms with Crippen molar-refractivity contribution in [1.29, 1.82) is 0 Å². The zero-order valence-electron chi connectivity index (χ0n) is 85.8. The second-order valence-electron chi connectivity index (χ2n) is 42.1. The Labute approximate surface area is 859 Å². The van der Waals surface area contributed by atoms with Crippen LogP contribution in [0.15, 0.2) is 437 Å². The minimum atomic E-state index is -0.880. The molecule has 18 aromatic rings. The number of carbonyl (C=O) groups is 2. The summed E-state index contributed by atoms with van der Waals surface area (Å²) in [7, 11) is 0. The van der Waals surface area contributed by atoms with E-state index in [-0.39, 0.29) is 28.1 Å². The number of aliphatic hydroxyl groups is 1. The smallest absolute Gasteiger partial charge is 0.340 e. The molecule has 0 spiro atoms. The second-order valence-corrected chi connectivity index (χ2v) is 42.1. The number of aryl methyl sites for hydroxylation is 12. The lowest BCUT2D eigenvalue weighted by Crippen LogP contribution is -2.41.